The molecule has 0 saturated heterocycles. The van der Waals surface area contributed by atoms with E-state index >= 15 is 0 Å². The summed E-state index contributed by atoms with van der Waals surface area (Å²) in [5.41, 5.74) is 5.36. The molecule has 3 aromatic carbocycles. The molecule has 0 radical (unpaired) electrons. The number of fused-ring (bicyclic) bond motifs is 2. The maximum absolute atomic E-state index is 4.37. The average Bonchev–Trinajstić information content (AvgIpc) is 3.11. The average molecular weight is 321 g/mol. The third-order valence-corrected chi connectivity index (χ3v) is 4.54. The Morgan fingerprint density at radius 1 is 0.680 bits per heavy atom. The van der Waals surface area contributed by atoms with Gasteiger partial charge in [-0.2, -0.15) is 0 Å². The lowest BCUT2D eigenvalue weighted by Gasteiger charge is -2.04. The van der Waals surface area contributed by atoms with Crippen LogP contribution >= 0.6 is 0 Å². The summed E-state index contributed by atoms with van der Waals surface area (Å²) in [6, 6.07) is 23.7. The molecule has 0 amide bonds. The molecule has 0 aliphatic rings. The Bertz CT molecular complexity index is 1190. The maximum Gasteiger partial charge on any atom is 0.105 e. The first-order valence-corrected chi connectivity index (χ1v) is 8.25. The topological polar surface area (TPSA) is 41.6 Å². The first kappa shape index (κ1) is 13.9. The molecular weight excluding hydrogens is 306 g/mol. The summed E-state index contributed by atoms with van der Waals surface area (Å²) >= 11 is 0. The van der Waals surface area contributed by atoms with E-state index in [0.717, 1.165) is 16.9 Å². The Morgan fingerprint density at radius 3 is 2.32 bits per heavy atom. The van der Waals surface area contributed by atoms with E-state index in [0.29, 0.717) is 0 Å². The van der Waals surface area contributed by atoms with Crippen LogP contribution in [-0.2, 0) is 0 Å². The first-order valence-electron chi connectivity index (χ1n) is 8.25. The minimum atomic E-state index is 0.853. The lowest BCUT2D eigenvalue weighted by Crippen LogP contribution is -1.83. The van der Waals surface area contributed by atoms with Crippen LogP contribution < -0.4 is 0 Å². The third kappa shape index (κ3) is 2.46. The number of rotatable bonds is 2. The second kappa shape index (κ2) is 5.56. The quantitative estimate of drug-likeness (QED) is 0.470. The molecule has 0 aliphatic heterocycles. The molecule has 2 aromatic heterocycles. The molecule has 3 heteroatoms. The van der Waals surface area contributed by atoms with Gasteiger partial charge in [-0.05, 0) is 40.1 Å². The van der Waals surface area contributed by atoms with Gasteiger partial charge in [0.15, 0.2) is 0 Å². The van der Waals surface area contributed by atoms with Crippen LogP contribution in [0.4, 0.5) is 0 Å². The van der Waals surface area contributed by atoms with Gasteiger partial charge >= 0.3 is 0 Å². The van der Waals surface area contributed by atoms with Gasteiger partial charge in [-0.3, -0.25) is 9.97 Å². The van der Waals surface area contributed by atoms with Gasteiger partial charge in [-0.15, -0.1) is 0 Å². The van der Waals surface area contributed by atoms with Crippen LogP contribution in [-0.4, -0.2) is 15.0 Å². The molecule has 0 spiro atoms. The SMILES string of the molecule is c1ccc2cc(-c3ccc4cc(-c5cnccn5)[nH]c4c3)ccc2c1. The fourth-order valence-electron chi connectivity index (χ4n) is 3.25. The number of hydrogen-bond donors (Lipinski definition) is 1. The van der Waals surface area contributed by atoms with E-state index in [-0.39, 0.29) is 0 Å². The zero-order valence-electron chi connectivity index (χ0n) is 13.5. The minimum absolute atomic E-state index is 0.853. The third-order valence-electron chi connectivity index (χ3n) is 4.54. The summed E-state index contributed by atoms with van der Waals surface area (Å²) in [7, 11) is 0. The van der Waals surface area contributed by atoms with Crippen molar-refractivity contribution < 1.29 is 0 Å². The van der Waals surface area contributed by atoms with Crippen LogP contribution in [0.5, 0.6) is 0 Å². The summed E-state index contributed by atoms with van der Waals surface area (Å²) in [4.78, 5) is 12.0. The molecule has 5 aromatic rings. The molecule has 0 unspecified atom stereocenters. The minimum Gasteiger partial charge on any atom is -0.353 e. The maximum atomic E-state index is 4.37. The fourth-order valence-corrected chi connectivity index (χ4v) is 3.25. The van der Waals surface area contributed by atoms with Crippen LogP contribution in [0.3, 0.4) is 0 Å². The highest BCUT2D eigenvalue weighted by Crippen LogP contribution is 2.29. The van der Waals surface area contributed by atoms with Crippen molar-refractivity contribution in [2.45, 2.75) is 0 Å². The summed E-state index contributed by atoms with van der Waals surface area (Å²) in [6.45, 7) is 0. The highest BCUT2D eigenvalue weighted by atomic mass is 14.8. The Labute approximate surface area is 145 Å². The zero-order valence-corrected chi connectivity index (χ0v) is 13.5. The molecule has 0 saturated carbocycles. The van der Waals surface area contributed by atoms with E-state index in [4.69, 9.17) is 0 Å². The highest BCUT2D eigenvalue weighted by molar-refractivity contribution is 5.91. The Balaban J connectivity index is 1.61. The van der Waals surface area contributed by atoms with E-state index in [1.54, 1.807) is 18.6 Å². The van der Waals surface area contributed by atoms with E-state index in [1.165, 1.54) is 27.3 Å². The largest absolute Gasteiger partial charge is 0.353 e. The van der Waals surface area contributed by atoms with E-state index < -0.39 is 0 Å². The summed E-state index contributed by atoms with van der Waals surface area (Å²) in [6.07, 6.45) is 5.17. The Kier molecular flexibility index (Phi) is 3.10. The molecule has 0 aliphatic carbocycles. The second-order valence-corrected chi connectivity index (χ2v) is 6.14. The standard InChI is InChI=1S/C22H15N3/c1-2-4-16-11-17(6-5-15(16)3-1)18-7-8-19-13-21(25-20(19)12-18)22-14-23-9-10-24-22/h1-14,25H. The molecule has 0 atom stereocenters. The molecule has 0 fully saturated rings. The number of nitrogens with zero attached hydrogens (tertiary/aromatic N) is 2. The Morgan fingerprint density at radius 2 is 1.48 bits per heavy atom. The Hall–Kier alpha value is -3.46. The number of H-pyrrole nitrogens is 1. The van der Waals surface area contributed by atoms with Gasteiger partial charge in [-0.25, -0.2) is 0 Å². The number of benzene rings is 3. The normalized spacial score (nSPS) is 11.2. The smallest absolute Gasteiger partial charge is 0.105 e. The number of aromatic nitrogens is 3. The van der Waals surface area contributed by atoms with E-state index in [9.17, 15) is 0 Å². The van der Waals surface area contributed by atoms with Gasteiger partial charge < -0.3 is 4.98 Å². The second-order valence-electron chi connectivity index (χ2n) is 6.14. The molecular formula is C22H15N3. The predicted molar refractivity (Wildman–Crippen MR) is 102 cm³/mol. The van der Waals surface area contributed by atoms with Gasteiger partial charge in [0.1, 0.15) is 5.69 Å². The monoisotopic (exact) mass is 321 g/mol. The van der Waals surface area contributed by atoms with Gasteiger partial charge in [0, 0.05) is 23.3 Å². The van der Waals surface area contributed by atoms with Crippen LogP contribution in [0.1, 0.15) is 0 Å². The molecule has 25 heavy (non-hydrogen) atoms. The highest BCUT2D eigenvalue weighted by Gasteiger charge is 2.07. The lowest BCUT2D eigenvalue weighted by molar-refractivity contribution is 1.19. The zero-order chi connectivity index (χ0) is 16.6. The van der Waals surface area contributed by atoms with Crippen LogP contribution in [0.25, 0.3) is 44.2 Å². The molecule has 118 valence electrons. The fraction of sp³-hybridized carbons (Fsp3) is 0. The molecule has 1 N–H and O–H groups in total. The van der Waals surface area contributed by atoms with Crippen molar-refractivity contribution in [3.63, 3.8) is 0 Å². The lowest BCUT2D eigenvalue weighted by atomic mass is 10.0. The summed E-state index contributed by atoms with van der Waals surface area (Å²) < 4.78 is 0. The van der Waals surface area contributed by atoms with Gasteiger partial charge in [0.2, 0.25) is 0 Å². The number of nitrogens with one attached hydrogen (secondary N) is 1. The molecule has 2 heterocycles. The molecule has 5 rings (SSSR count). The summed E-state index contributed by atoms with van der Waals surface area (Å²) in [5.74, 6) is 0. The first-order chi connectivity index (χ1) is 12.4. The van der Waals surface area contributed by atoms with Crippen LogP contribution in [0, 0.1) is 0 Å². The van der Waals surface area contributed by atoms with Crippen molar-refractivity contribution >= 4 is 21.7 Å². The predicted octanol–water partition coefficient (Wildman–Crippen LogP) is 5.45. The van der Waals surface area contributed by atoms with E-state index in [1.807, 2.05) is 0 Å². The van der Waals surface area contributed by atoms with Crippen molar-refractivity contribution in [3.8, 4) is 22.5 Å². The van der Waals surface area contributed by atoms with Gasteiger partial charge in [-0.1, -0.05) is 48.5 Å². The van der Waals surface area contributed by atoms with Crippen molar-refractivity contribution in [2.24, 2.45) is 0 Å². The van der Waals surface area contributed by atoms with Gasteiger partial charge in [0.25, 0.3) is 0 Å². The number of aromatic amines is 1. The van der Waals surface area contributed by atoms with Crippen LogP contribution in [0.2, 0.25) is 0 Å². The van der Waals surface area contributed by atoms with Crippen molar-refractivity contribution in [3.05, 3.63) is 85.3 Å². The van der Waals surface area contributed by atoms with Crippen molar-refractivity contribution in [1.29, 1.82) is 0 Å². The summed E-state index contributed by atoms with van der Waals surface area (Å²) in [5, 5.41) is 3.69. The molecule has 0 bridgehead atoms. The van der Waals surface area contributed by atoms with Crippen LogP contribution in [0.15, 0.2) is 85.3 Å². The number of hydrogen-bond acceptors (Lipinski definition) is 2. The molecule has 3 nitrogen and oxygen atoms in total. The van der Waals surface area contributed by atoms with Gasteiger partial charge in [0.05, 0.1) is 11.9 Å². The van der Waals surface area contributed by atoms with Crippen molar-refractivity contribution in [2.75, 3.05) is 0 Å². The van der Waals surface area contributed by atoms with Crippen molar-refractivity contribution in [1.82, 2.24) is 15.0 Å². The van der Waals surface area contributed by atoms with E-state index in [2.05, 4.69) is 81.7 Å².